The molecule has 1 atom stereocenters. The first kappa shape index (κ1) is 18.5. The van der Waals surface area contributed by atoms with Gasteiger partial charge in [-0.05, 0) is 42.5 Å². The van der Waals surface area contributed by atoms with Gasteiger partial charge in [-0.25, -0.2) is 14.4 Å². The molecular formula is C20H23FN4S2. The van der Waals surface area contributed by atoms with Crippen molar-refractivity contribution in [2.24, 2.45) is 5.92 Å². The highest BCUT2D eigenvalue weighted by Crippen LogP contribution is 2.33. The topological polar surface area (TPSA) is 32.3 Å². The maximum Gasteiger partial charge on any atom is 0.188 e. The van der Waals surface area contributed by atoms with Crippen LogP contribution in [0.25, 0.3) is 10.3 Å². The molecule has 4 rings (SSSR count). The molecule has 4 nitrogen and oxygen atoms in total. The first-order valence-corrected chi connectivity index (χ1v) is 11.2. The molecule has 1 aliphatic rings. The smallest absolute Gasteiger partial charge is 0.188 e. The van der Waals surface area contributed by atoms with Gasteiger partial charge in [0.15, 0.2) is 5.13 Å². The Morgan fingerprint density at radius 1 is 1.26 bits per heavy atom. The van der Waals surface area contributed by atoms with E-state index in [1.807, 2.05) is 36.7 Å². The zero-order valence-corrected chi connectivity index (χ0v) is 17.4. The van der Waals surface area contributed by atoms with Crippen molar-refractivity contribution in [2.45, 2.75) is 24.8 Å². The summed E-state index contributed by atoms with van der Waals surface area (Å²) in [6.45, 7) is 7.20. The van der Waals surface area contributed by atoms with Crippen molar-refractivity contribution in [3.63, 3.8) is 0 Å². The average Bonchev–Trinajstić information content (AvgIpc) is 3.12. The molecule has 0 spiro atoms. The van der Waals surface area contributed by atoms with E-state index < -0.39 is 0 Å². The molecule has 27 heavy (non-hydrogen) atoms. The van der Waals surface area contributed by atoms with E-state index in [2.05, 4.69) is 28.6 Å². The zero-order valence-electron chi connectivity index (χ0n) is 15.7. The highest BCUT2D eigenvalue weighted by molar-refractivity contribution is 7.98. The van der Waals surface area contributed by atoms with E-state index in [9.17, 15) is 4.39 Å². The first-order chi connectivity index (χ1) is 13.1. The van der Waals surface area contributed by atoms with E-state index in [4.69, 9.17) is 4.98 Å². The quantitative estimate of drug-likeness (QED) is 0.580. The van der Waals surface area contributed by atoms with Gasteiger partial charge in [-0.1, -0.05) is 25.2 Å². The van der Waals surface area contributed by atoms with Gasteiger partial charge in [0.25, 0.3) is 0 Å². The van der Waals surface area contributed by atoms with Crippen LogP contribution in [0.2, 0.25) is 0 Å². The van der Waals surface area contributed by atoms with Gasteiger partial charge in [-0.3, -0.25) is 0 Å². The lowest BCUT2D eigenvalue weighted by atomic mass is 9.99. The molecule has 7 heteroatoms. The Labute approximate surface area is 167 Å². The van der Waals surface area contributed by atoms with Crippen LogP contribution in [0, 0.1) is 11.7 Å². The molecule has 0 radical (unpaired) electrons. The summed E-state index contributed by atoms with van der Waals surface area (Å²) in [6, 6.07) is 9.74. The normalized spacial score (nSPS) is 17.9. The van der Waals surface area contributed by atoms with Crippen molar-refractivity contribution in [3.8, 4) is 0 Å². The maximum atomic E-state index is 13.9. The molecule has 0 aliphatic carbocycles. The second-order valence-electron chi connectivity index (χ2n) is 7.09. The average molecular weight is 403 g/mol. The monoisotopic (exact) mass is 402 g/mol. The third kappa shape index (κ3) is 3.62. The summed E-state index contributed by atoms with van der Waals surface area (Å²) >= 11 is 3.12. The predicted octanol–water partition coefficient (Wildman–Crippen LogP) is 4.90. The summed E-state index contributed by atoms with van der Waals surface area (Å²) in [6.07, 6.45) is 3.73. The Hall–Kier alpha value is -1.86. The Balaban J connectivity index is 1.60. The van der Waals surface area contributed by atoms with E-state index in [1.165, 1.54) is 11.8 Å². The molecule has 1 unspecified atom stereocenters. The number of thiazole rings is 1. The van der Waals surface area contributed by atoms with E-state index in [1.54, 1.807) is 17.4 Å². The predicted molar refractivity (Wildman–Crippen MR) is 114 cm³/mol. The number of thioether (sulfide) groups is 1. The molecule has 0 saturated carbocycles. The van der Waals surface area contributed by atoms with Gasteiger partial charge in [0.05, 0.1) is 6.04 Å². The van der Waals surface area contributed by atoms with Crippen LogP contribution < -0.4 is 9.80 Å². The lowest BCUT2D eigenvalue weighted by Crippen LogP contribution is -2.55. The van der Waals surface area contributed by atoms with Crippen LogP contribution in [0.15, 0.2) is 41.4 Å². The molecule has 3 heterocycles. The van der Waals surface area contributed by atoms with E-state index >= 15 is 0 Å². The van der Waals surface area contributed by atoms with Crippen molar-refractivity contribution in [1.29, 1.82) is 0 Å². The minimum absolute atomic E-state index is 0.146. The Morgan fingerprint density at radius 3 is 2.85 bits per heavy atom. The minimum atomic E-state index is -0.146. The Kier molecular flexibility index (Phi) is 5.23. The van der Waals surface area contributed by atoms with Crippen LogP contribution in [0.5, 0.6) is 0 Å². The summed E-state index contributed by atoms with van der Waals surface area (Å²) in [7, 11) is 0. The number of hydrogen-bond acceptors (Lipinski definition) is 6. The number of nitrogens with zero attached hydrogens (tertiary/aromatic N) is 4. The molecule has 1 aliphatic heterocycles. The van der Waals surface area contributed by atoms with Gasteiger partial charge in [-0.2, -0.15) is 0 Å². The Bertz CT molecular complexity index is 910. The first-order valence-electron chi connectivity index (χ1n) is 9.13. The molecule has 1 aromatic carbocycles. The van der Waals surface area contributed by atoms with Gasteiger partial charge in [0.1, 0.15) is 16.2 Å². The second-order valence-corrected chi connectivity index (χ2v) is 8.90. The van der Waals surface area contributed by atoms with Crippen LogP contribution in [0.3, 0.4) is 0 Å². The molecular weight excluding hydrogens is 379 g/mol. The molecule has 3 aromatic rings. The van der Waals surface area contributed by atoms with E-state index in [0.29, 0.717) is 16.9 Å². The van der Waals surface area contributed by atoms with Crippen LogP contribution in [0.4, 0.5) is 15.2 Å². The van der Waals surface area contributed by atoms with Crippen molar-refractivity contribution >= 4 is 44.3 Å². The lowest BCUT2D eigenvalue weighted by molar-refractivity contribution is 0.418. The molecule has 0 amide bonds. The fourth-order valence-corrected chi connectivity index (χ4v) is 5.07. The van der Waals surface area contributed by atoms with Gasteiger partial charge in [0.2, 0.25) is 0 Å². The van der Waals surface area contributed by atoms with Gasteiger partial charge in [0, 0.05) is 36.4 Å². The molecule has 0 N–H and O–H groups in total. The number of benzene rings is 1. The maximum absolute atomic E-state index is 13.9. The number of pyridine rings is 1. The number of fused-ring (bicyclic) bond motifs is 1. The molecule has 2 aromatic heterocycles. The minimum Gasteiger partial charge on any atom is -0.368 e. The highest BCUT2D eigenvalue weighted by atomic mass is 32.2. The summed E-state index contributed by atoms with van der Waals surface area (Å²) in [5.41, 5.74) is 2.06. The number of hydrogen-bond donors (Lipinski definition) is 0. The van der Waals surface area contributed by atoms with Crippen LogP contribution in [0.1, 0.15) is 13.8 Å². The summed E-state index contributed by atoms with van der Waals surface area (Å²) < 4.78 is 13.9. The summed E-state index contributed by atoms with van der Waals surface area (Å²) in [5, 5.41) is 1.05. The van der Waals surface area contributed by atoms with Crippen molar-refractivity contribution in [3.05, 3.63) is 42.3 Å². The summed E-state index contributed by atoms with van der Waals surface area (Å²) in [4.78, 5) is 15.7. The summed E-state index contributed by atoms with van der Waals surface area (Å²) in [5.74, 6) is 0.334. The van der Waals surface area contributed by atoms with E-state index in [0.717, 1.165) is 40.8 Å². The Morgan fingerprint density at radius 2 is 2.11 bits per heavy atom. The zero-order chi connectivity index (χ0) is 19.0. The third-order valence-electron chi connectivity index (χ3n) is 5.09. The SMILES string of the molecule is CSc1cc(N2CCN(c3nc4cccnc4s3)C(C(C)C)C2)ccc1F. The fraction of sp³-hybridized carbons (Fsp3) is 0.400. The largest absolute Gasteiger partial charge is 0.368 e. The molecule has 142 valence electrons. The van der Waals surface area contributed by atoms with Crippen LogP contribution >= 0.6 is 23.1 Å². The van der Waals surface area contributed by atoms with Gasteiger partial charge in [-0.15, -0.1) is 11.8 Å². The highest BCUT2D eigenvalue weighted by Gasteiger charge is 2.31. The standard InChI is InChI=1S/C20H23FN4S2/c1-13(2)17-12-24(14-6-7-15(21)18(11-14)26-3)9-10-25(17)20-23-16-5-4-8-22-19(16)27-20/h4-8,11,13,17H,9-10,12H2,1-3H3. The van der Waals surface area contributed by atoms with E-state index in [-0.39, 0.29) is 5.82 Å². The van der Waals surface area contributed by atoms with Crippen molar-refractivity contribution in [1.82, 2.24) is 9.97 Å². The number of anilines is 2. The molecule has 1 saturated heterocycles. The molecule has 0 bridgehead atoms. The van der Waals surface area contributed by atoms with Crippen LogP contribution in [-0.2, 0) is 0 Å². The number of rotatable bonds is 4. The number of piperazine rings is 1. The lowest BCUT2D eigenvalue weighted by Gasteiger charge is -2.44. The fourth-order valence-electron chi connectivity index (χ4n) is 3.58. The van der Waals surface area contributed by atoms with Crippen molar-refractivity contribution in [2.75, 3.05) is 35.7 Å². The number of halogens is 1. The number of aromatic nitrogens is 2. The molecule has 1 fully saturated rings. The van der Waals surface area contributed by atoms with Gasteiger partial charge < -0.3 is 9.80 Å². The second kappa shape index (κ2) is 7.64. The van der Waals surface area contributed by atoms with Gasteiger partial charge >= 0.3 is 0 Å². The van der Waals surface area contributed by atoms with Crippen molar-refractivity contribution < 1.29 is 4.39 Å². The van der Waals surface area contributed by atoms with Crippen LogP contribution in [-0.4, -0.2) is 41.9 Å². The third-order valence-corrected chi connectivity index (χ3v) is 6.86.